The van der Waals surface area contributed by atoms with Gasteiger partial charge in [-0.3, -0.25) is 0 Å². The van der Waals surface area contributed by atoms with Gasteiger partial charge in [-0.25, -0.2) is 4.98 Å². The van der Waals surface area contributed by atoms with Crippen LogP contribution >= 0.6 is 0 Å². The van der Waals surface area contributed by atoms with Gasteiger partial charge >= 0.3 is 0 Å². The van der Waals surface area contributed by atoms with E-state index in [1.54, 1.807) is 6.26 Å². The molecule has 2 atom stereocenters. The number of furan rings is 1. The monoisotopic (exact) mass is 231 g/mol. The zero-order valence-corrected chi connectivity index (χ0v) is 9.97. The van der Waals surface area contributed by atoms with E-state index in [9.17, 15) is 0 Å². The van der Waals surface area contributed by atoms with Gasteiger partial charge in [-0.2, -0.15) is 0 Å². The van der Waals surface area contributed by atoms with Crippen molar-refractivity contribution >= 4 is 0 Å². The molecule has 1 fully saturated rings. The maximum absolute atomic E-state index is 5.47. The van der Waals surface area contributed by atoms with E-state index < -0.39 is 0 Å². The van der Waals surface area contributed by atoms with Crippen molar-refractivity contribution in [1.82, 2.24) is 14.9 Å². The second-order valence-corrected chi connectivity index (χ2v) is 4.57. The largest absolute Gasteiger partial charge is 0.467 e. The van der Waals surface area contributed by atoms with Gasteiger partial charge in [0.25, 0.3) is 0 Å². The van der Waals surface area contributed by atoms with Crippen molar-refractivity contribution in [1.29, 1.82) is 0 Å². The van der Waals surface area contributed by atoms with Crippen LogP contribution in [0.1, 0.15) is 43.3 Å². The molecule has 0 spiro atoms. The van der Waals surface area contributed by atoms with Crippen molar-refractivity contribution in [2.75, 3.05) is 6.54 Å². The number of aromatic nitrogens is 2. The highest BCUT2D eigenvalue weighted by Crippen LogP contribution is 2.27. The third-order valence-electron chi connectivity index (χ3n) is 3.49. The molecule has 3 heterocycles. The number of rotatable bonds is 3. The molecule has 0 bridgehead atoms. The summed E-state index contributed by atoms with van der Waals surface area (Å²) in [5.74, 6) is 0.974. The second-order valence-electron chi connectivity index (χ2n) is 4.57. The fourth-order valence-electron chi connectivity index (χ4n) is 2.51. The summed E-state index contributed by atoms with van der Waals surface area (Å²) >= 11 is 0. The van der Waals surface area contributed by atoms with Gasteiger partial charge in [-0.05, 0) is 38.4 Å². The summed E-state index contributed by atoms with van der Waals surface area (Å²) in [5.41, 5.74) is 1.26. The molecule has 17 heavy (non-hydrogen) atoms. The maximum Gasteiger partial charge on any atom is 0.126 e. The third kappa shape index (κ3) is 1.89. The molecule has 2 unspecified atom stereocenters. The molecule has 0 amide bonds. The molecule has 1 aliphatic rings. The van der Waals surface area contributed by atoms with Crippen LogP contribution in [0.5, 0.6) is 0 Å². The molecule has 4 nitrogen and oxygen atoms in total. The van der Waals surface area contributed by atoms with E-state index in [1.165, 1.54) is 18.5 Å². The molecule has 90 valence electrons. The van der Waals surface area contributed by atoms with Crippen molar-refractivity contribution in [3.05, 3.63) is 42.4 Å². The lowest BCUT2D eigenvalue weighted by molar-refractivity contribution is 0.430. The predicted molar refractivity (Wildman–Crippen MR) is 64.7 cm³/mol. The first-order chi connectivity index (χ1) is 8.36. The average molecular weight is 231 g/mol. The van der Waals surface area contributed by atoms with Crippen molar-refractivity contribution in [3.8, 4) is 0 Å². The molecule has 1 saturated heterocycles. The van der Waals surface area contributed by atoms with Gasteiger partial charge < -0.3 is 14.3 Å². The number of imidazole rings is 1. The smallest absolute Gasteiger partial charge is 0.126 e. The van der Waals surface area contributed by atoms with E-state index in [0.717, 1.165) is 12.3 Å². The summed E-state index contributed by atoms with van der Waals surface area (Å²) in [4.78, 5) is 4.28. The van der Waals surface area contributed by atoms with E-state index in [1.807, 2.05) is 24.7 Å². The molecule has 2 aromatic heterocycles. The third-order valence-corrected chi connectivity index (χ3v) is 3.49. The molecule has 1 aliphatic heterocycles. The minimum atomic E-state index is 0.199. The minimum Gasteiger partial charge on any atom is -0.467 e. The van der Waals surface area contributed by atoms with Gasteiger partial charge in [0, 0.05) is 12.2 Å². The lowest BCUT2D eigenvalue weighted by Gasteiger charge is -2.18. The molecule has 0 radical (unpaired) electrons. The molecule has 0 saturated carbocycles. The molecule has 0 aliphatic carbocycles. The fourth-order valence-corrected chi connectivity index (χ4v) is 2.51. The molecule has 1 N–H and O–H groups in total. The highest BCUT2D eigenvalue weighted by Gasteiger charge is 2.22. The van der Waals surface area contributed by atoms with Gasteiger partial charge in [0.1, 0.15) is 5.76 Å². The highest BCUT2D eigenvalue weighted by molar-refractivity contribution is 5.13. The Labute approximate surface area is 101 Å². The molecule has 0 aromatic carbocycles. The van der Waals surface area contributed by atoms with E-state index in [-0.39, 0.29) is 6.04 Å². The summed E-state index contributed by atoms with van der Waals surface area (Å²) in [5, 5.41) is 3.51. The molecule has 3 rings (SSSR count). The summed E-state index contributed by atoms with van der Waals surface area (Å²) in [6.07, 6.45) is 8.00. The Morgan fingerprint density at radius 1 is 1.59 bits per heavy atom. The topological polar surface area (TPSA) is 43.0 Å². The van der Waals surface area contributed by atoms with Crippen LogP contribution in [0.2, 0.25) is 0 Å². The first-order valence-corrected chi connectivity index (χ1v) is 6.15. The minimum absolute atomic E-state index is 0.199. The Bertz CT molecular complexity index is 469. The Morgan fingerprint density at radius 2 is 2.53 bits per heavy atom. The Morgan fingerprint density at radius 3 is 3.24 bits per heavy atom. The molecular formula is C13H17N3O. The predicted octanol–water partition coefficient (Wildman–Crippen LogP) is 2.51. The van der Waals surface area contributed by atoms with Crippen LogP contribution in [0.15, 0.2) is 35.3 Å². The maximum atomic E-state index is 5.47. The Kier molecular flexibility index (Phi) is 2.73. The fraction of sp³-hybridized carbons (Fsp3) is 0.462. The number of nitrogens with zero attached hydrogens (tertiary/aromatic N) is 2. The summed E-state index contributed by atoms with van der Waals surface area (Å²) in [7, 11) is 0. The number of nitrogens with one attached hydrogen (secondary N) is 1. The summed E-state index contributed by atoms with van der Waals surface area (Å²) < 4.78 is 7.66. The van der Waals surface area contributed by atoms with Crippen LogP contribution < -0.4 is 5.32 Å². The van der Waals surface area contributed by atoms with Gasteiger partial charge in [-0.15, -0.1) is 0 Å². The lowest BCUT2D eigenvalue weighted by atomic mass is 10.1. The van der Waals surface area contributed by atoms with Crippen LogP contribution in [-0.2, 0) is 0 Å². The quantitative estimate of drug-likeness (QED) is 0.882. The van der Waals surface area contributed by atoms with E-state index in [0.29, 0.717) is 6.04 Å². The van der Waals surface area contributed by atoms with Gasteiger partial charge in [0.2, 0.25) is 0 Å². The van der Waals surface area contributed by atoms with Crippen molar-refractivity contribution in [2.45, 2.75) is 31.8 Å². The van der Waals surface area contributed by atoms with E-state index >= 15 is 0 Å². The summed E-state index contributed by atoms with van der Waals surface area (Å²) in [6, 6.07) is 4.58. The van der Waals surface area contributed by atoms with Crippen molar-refractivity contribution in [3.63, 3.8) is 0 Å². The van der Waals surface area contributed by atoms with Crippen LogP contribution in [-0.4, -0.2) is 16.1 Å². The Balaban J connectivity index is 1.90. The first kappa shape index (κ1) is 10.6. The Hall–Kier alpha value is -1.55. The van der Waals surface area contributed by atoms with Gasteiger partial charge in [0.05, 0.1) is 24.3 Å². The number of hydrogen-bond donors (Lipinski definition) is 1. The molecule has 4 heteroatoms. The normalized spacial score (nSPS) is 21.8. The SMILES string of the molecule is CC(c1ccco1)n1cncc1C1CCCN1. The zero-order chi connectivity index (χ0) is 11.7. The van der Waals surface area contributed by atoms with Gasteiger partial charge in [0.15, 0.2) is 0 Å². The highest BCUT2D eigenvalue weighted by atomic mass is 16.3. The van der Waals surface area contributed by atoms with E-state index in [4.69, 9.17) is 4.42 Å². The number of hydrogen-bond acceptors (Lipinski definition) is 3. The second kappa shape index (κ2) is 4.37. The molecule has 2 aromatic rings. The van der Waals surface area contributed by atoms with Crippen LogP contribution in [0.25, 0.3) is 0 Å². The zero-order valence-electron chi connectivity index (χ0n) is 9.97. The molecular weight excluding hydrogens is 214 g/mol. The standard InChI is InChI=1S/C13H17N3O/c1-10(13-5-3-7-17-13)16-9-14-8-12(16)11-4-2-6-15-11/h3,5,7-11,15H,2,4,6H2,1H3. The van der Waals surface area contributed by atoms with Crippen LogP contribution in [0, 0.1) is 0 Å². The van der Waals surface area contributed by atoms with Gasteiger partial charge in [-0.1, -0.05) is 0 Å². The summed E-state index contributed by atoms with van der Waals surface area (Å²) in [6.45, 7) is 3.24. The van der Waals surface area contributed by atoms with Crippen molar-refractivity contribution in [2.24, 2.45) is 0 Å². The van der Waals surface area contributed by atoms with Crippen LogP contribution in [0.4, 0.5) is 0 Å². The average Bonchev–Trinajstić information content (AvgIpc) is 3.09. The first-order valence-electron chi connectivity index (χ1n) is 6.15. The lowest BCUT2D eigenvalue weighted by Crippen LogP contribution is -2.18. The van der Waals surface area contributed by atoms with E-state index in [2.05, 4.69) is 21.8 Å². The van der Waals surface area contributed by atoms with Crippen LogP contribution in [0.3, 0.4) is 0 Å². The van der Waals surface area contributed by atoms with Crippen molar-refractivity contribution < 1.29 is 4.42 Å².